The SMILES string of the molecule is COc1cc(C(=O)CCN2CCOCC2)cc(OC)c1OC.Cl. The molecule has 0 N–H and O–H groups in total. The summed E-state index contributed by atoms with van der Waals surface area (Å²) in [6, 6.07) is 3.39. The molecule has 1 saturated heterocycles. The maximum atomic E-state index is 12.4. The van der Waals surface area contributed by atoms with Crippen LogP contribution in [0.25, 0.3) is 0 Å². The average Bonchev–Trinajstić information content (AvgIpc) is 2.59. The largest absolute Gasteiger partial charge is 0.493 e. The number of hydrogen-bond acceptors (Lipinski definition) is 6. The van der Waals surface area contributed by atoms with Crippen LogP contribution in [0.15, 0.2) is 12.1 Å². The average molecular weight is 346 g/mol. The summed E-state index contributed by atoms with van der Waals surface area (Å²) in [5.74, 6) is 1.55. The number of nitrogens with zero attached hydrogens (tertiary/aromatic N) is 1. The van der Waals surface area contributed by atoms with Gasteiger partial charge in [-0.2, -0.15) is 0 Å². The quantitative estimate of drug-likeness (QED) is 0.705. The van der Waals surface area contributed by atoms with Crippen molar-refractivity contribution in [1.82, 2.24) is 4.90 Å². The zero-order chi connectivity index (χ0) is 15.9. The van der Waals surface area contributed by atoms with E-state index in [0.29, 0.717) is 29.2 Å². The molecule has 0 aromatic heterocycles. The Morgan fingerprint density at radius 2 is 1.65 bits per heavy atom. The van der Waals surface area contributed by atoms with Crippen LogP contribution < -0.4 is 14.2 Å². The molecule has 0 atom stereocenters. The maximum absolute atomic E-state index is 12.4. The van der Waals surface area contributed by atoms with Crippen molar-refractivity contribution < 1.29 is 23.7 Å². The molecule has 0 radical (unpaired) electrons. The lowest BCUT2D eigenvalue weighted by Crippen LogP contribution is -2.37. The van der Waals surface area contributed by atoms with Gasteiger partial charge in [-0.1, -0.05) is 0 Å². The van der Waals surface area contributed by atoms with Crippen LogP contribution in [-0.4, -0.2) is 64.9 Å². The van der Waals surface area contributed by atoms with Crippen molar-refractivity contribution in [1.29, 1.82) is 0 Å². The Bertz CT molecular complexity index is 492. The summed E-state index contributed by atoms with van der Waals surface area (Å²) in [7, 11) is 4.62. The van der Waals surface area contributed by atoms with E-state index in [2.05, 4.69) is 4.90 Å². The van der Waals surface area contributed by atoms with Gasteiger partial charge in [0.2, 0.25) is 5.75 Å². The smallest absolute Gasteiger partial charge is 0.203 e. The van der Waals surface area contributed by atoms with Crippen LogP contribution in [0.3, 0.4) is 0 Å². The van der Waals surface area contributed by atoms with Crippen molar-refractivity contribution in [2.75, 3.05) is 54.2 Å². The fraction of sp³-hybridized carbons (Fsp3) is 0.562. The summed E-state index contributed by atoms with van der Waals surface area (Å²) in [5, 5.41) is 0. The van der Waals surface area contributed by atoms with E-state index in [1.807, 2.05) is 0 Å². The first-order valence-corrected chi connectivity index (χ1v) is 7.33. The summed E-state index contributed by atoms with van der Waals surface area (Å²) in [5.41, 5.74) is 0.572. The minimum Gasteiger partial charge on any atom is -0.493 e. The number of rotatable bonds is 7. The number of halogens is 1. The second kappa shape index (κ2) is 9.60. The molecule has 130 valence electrons. The molecule has 23 heavy (non-hydrogen) atoms. The summed E-state index contributed by atoms with van der Waals surface area (Å²) in [4.78, 5) is 14.6. The third-order valence-electron chi connectivity index (χ3n) is 3.75. The Kier molecular flexibility index (Phi) is 8.16. The summed E-state index contributed by atoms with van der Waals surface area (Å²) >= 11 is 0. The lowest BCUT2D eigenvalue weighted by atomic mass is 10.1. The Hall–Kier alpha value is -1.50. The second-order valence-electron chi connectivity index (χ2n) is 5.04. The van der Waals surface area contributed by atoms with Gasteiger partial charge in [-0.3, -0.25) is 9.69 Å². The van der Waals surface area contributed by atoms with E-state index in [1.54, 1.807) is 33.5 Å². The highest BCUT2D eigenvalue weighted by molar-refractivity contribution is 5.97. The third-order valence-corrected chi connectivity index (χ3v) is 3.75. The van der Waals surface area contributed by atoms with Crippen LogP contribution in [0.1, 0.15) is 16.8 Å². The van der Waals surface area contributed by atoms with Gasteiger partial charge >= 0.3 is 0 Å². The van der Waals surface area contributed by atoms with Crippen molar-refractivity contribution in [3.05, 3.63) is 17.7 Å². The number of methoxy groups -OCH3 is 3. The Labute approximate surface area is 143 Å². The zero-order valence-corrected chi connectivity index (χ0v) is 14.6. The standard InChI is InChI=1S/C16H23NO5.ClH/c1-19-14-10-12(11-15(20-2)16(14)21-3)13(18)4-5-17-6-8-22-9-7-17;/h10-11H,4-9H2,1-3H3;1H. The number of ether oxygens (including phenoxy) is 4. The summed E-state index contributed by atoms with van der Waals surface area (Å²) in [6.45, 7) is 3.96. The molecular formula is C16H24ClNO5. The molecule has 0 bridgehead atoms. The fourth-order valence-electron chi connectivity index (χ4n) is 2.47. The van der Waals surface area contributed by atoms with Gasteiger partial charge in [0.1, 0.15) is 0 Å². The molecule has 1 aliphatic rings. The van der Waals surface area contributed by atoms with Gasteiger partial charge in [0.15, 0.2) is 17.3 Å². The lowest BCUT2D eigenvalue weighted by Gasteiger charge is -2.26. The maximum Gasteiger partial charge on any atom is 0.203 e. The van der Waals surface area contributed by atoms with Crippen LogP contribution in [0.5, 0.6) is 17.2 Å². The number of ketones is 1. The van der Waals surface area contributed by atoms with Crippen molar-refractivity contribution in [3.8, 4) is 17.2 Å². The molecule has 0 spiro atoms. The molecule has 2 rings (SSSR count). The molecule has 0 amide bonds. The Balaban J connectivity index is 0.00000264. The van der Waals surface area contributed by atoms with Gasteiger partial charge < -0.3 is 18.9 Å². The number of hydrogen-bond donors (Lipinski definition) is 0. The van der Waals surface area contributed by atoms with Crippen LogP contribution in [0, 0.1) is 0 Å². The summed E-state index contributed by atoms with van der Waals surface area (Å²) < 4.78 is 21.1. The molecule has 0 unspecified atom stereocenters. The van der Waals surface area contributed by atoms with E-state index < -0.39 is 0 Å². The van der Waals surface area contributed by atoms with Crippen molar-refractivity contribution in [2.24, 2.45) is 0 Å². The molecule has 1 heterocycles. The Morgan fingerprint density at radius 3 is 2.13 bits per heavy atom. The predicted molar refractivity (Wildman–Crippen MR) is 89.6 cm³/mol. The molecule has 1 fully saturated rings. The number of morpholine rings is 1. The number of carbonyl (C=O) groups excluding carboxylic acids is 1. The molecule has 7 heteroatoms. The third kappa shape index (κ3) is 4.99. The first-order valence-electron chi connectivity index (χ1n) is 7.33. The monoisotopic (exact) mass is 345 g/mol. The van der Waals surface area contributed by atoms with E-state index in [4.69, 9.17) is 18.9 Å². The molecule has 1 aromatic rings. The molecule has 1 aliphatic heterocycles. The highest BCUT2D eigenvalue weighted by Gasteiger charge is 2.18. The van der Waals surface area contributed by atoms with Gasteiger partial charge in [-0.15, -0.1) is 12.4 Å². The minimum absolute atomic E-state index is 0. The number of Topliss-reactive ketones (excluding diaryl/α,β-unsaturated/α-hetero) is 1. The molecule has 1 aromatic carbocycles. The molecule has 0 saturated carbocycles. The first-order chi connectivity index (χ1) is 10.7. The fourth-order valence-corrected chi connectivity index (χ4v) is 2.47. The van der Waals surface area contributed by atoms with Gasteiger partial charge in [-0.25, -0.2) is 0 Å². The van der Waals surface area contributed by atoms with Crippen molar-refractivity contribution >= 4 is 18.2 Å². The van der Waals surface area contributed by atoms with Crippen LogP contribution in [-0.2, 0) is 4.74 Å². The predicted octanol–water partition coefficient (Wildman–Crippen LogP) is 2.04. The highest BCUT2D eigenvalue weighted by Crippen LogP contribution is 2.38. The zero-order valence-electron chi connectivity index (χ0n) is 13.8. The van der Waals surface area contributed by atoms with E-state index in [0.717, 1.165) is 32.8 Å². The van der Waals surface area contributed by atoms with Crippen molar-refractivity contribution in [3.63, 3.8) is 0 Å². The molecular weight excluding hydrogens is 322 g/mol. The van der Waals surface area contributed by atoms with E-state index in [-0.39, 0.29) is 18.2 Å². The first kappa shape index (κ1) is 19.5. The van der Waals surface area contributed by atoms with Gasteiger partial charge in [0.05, 0.1) is 34.5 Å². The molecule has 0 aliphatic carbocycles. The topological polar surface area (TPSA) is 57.2 Å². The van der Waals surface area contributed by atoms with E-state index in [9.17, 15) is 4.79 Å². The minimum atomic E-state index is 0. The van der Waals surface area contributed by atoms with Gasteiger partial charge in [0, 0.05) is 31.6 Å². The molecule has 6 nitrogen and oxygen atoms in total. The highest BCUT2D eigenvalue weighted by atomic mass is 35.5. The summed E-state index contributed by atoms with van der Waals surface area (Å²) in [6.07, 6.45) is 0.457. The number of benzene rings is 1. The van der Waals surface area contributed by atoms with Crippen molar-refractivity contribution in [2.45, 2.75) is 6.42 Å². The van der Waals surface area contributed by atoms with Crippen LogP contribution >= 0.6 is 12.4 Å². The van der Waals surface area contributed by atoms with E-state index >= 15 is 0 Å². The second-order valence-corrected chi connectivity index (χ2v) is 5.04. The van der Waals surface area contributed by atoms with Crippen LogP contribution in [0.4, 0.5) is 0 Å². The van der Waals surface area contributed by atoms with Crippen LogP contribution in [0.2, 0.25) is 0 Å². The normalized spacial score (nSPS) is 14.7. The van der Waals surface area contributed by atoms with Gasteiger partial charge in [-0.05, 0) is 12.1 Å². The Morgan fingerprint density at radius 1 is 1.09 bits per heavy atom. The van der Waals surface area contributed by atoms with Gasteiger partial charge in [0.25, 0.3) is 0 Å². The number of carbonyl (C=O) groups is 1. The van der Waals surface area contributed by atoms with E-state index in [1.165, 1.54) is 0 Å². The lowest BCUT2D eigenvalue weighted by molar-refractivity contribution is 0.0370.